The van der Waals surface area contributed by atoms with Gasteiger partial charge in [-0.1, -0.05) is 17.7 Å². The first-order valence-corrected chi connectivity index (χ1v) is 8.26. The Labute approximate surface area is 120 Å². The molecule has 1 saturated carbocycles. The van der Waals surface area contributed by atoms with Crippen molar-refractivity contribution in [2.45, 2.75) is 23.8 Å². The minimum Gasteiger partial charge on any atom is -0.326 e. The minimum absolute atomic E-state index is 0.113. The van der Waals surface area contributed by atoms with Gasteiger partial charge in [0.25, 0.3) is 0 Å². The van der Waals surface area contributed by atoms with Crippen LogP contribution in [0.1, 0.15) is 12.8 Å². The lowest BCUT2D eigenvalue weighted by Crippen LogP contribution is -2.38. The number of nitrogens with one attached hydrogen (secondary N) is 1. The lowest BCUT2D eigenvalue weighted by molar-refractivity contribution is 0.547. The highest BCUT2D eigenvalue weighted by atomic mass is 79.9. The molecule has 1 atom stereocenters. The predicted octanol–water partition coefficient (Wildman–Crippen LogP) is 2.12. The van der Waals surface area contributed by atoms with E-state index in [1.807, 2.05) is 0 Å². The molecule has 3 N–H and O–H groups in total. The molecule has 1 aliphatic rings. The topological polar surface area (TPSA) is 72.2 Å². The van der Waals surface area contributed by atoms with Crippen LogP contribution in [-0.4, -0.2) is 21.0 Å². The quantitative estimate of drug-likeness (QED) is 0.851. The Balaban J connectivity index is 2.12. The third-order valence-electron chi connectivity index (χ3n) is 2.94. The van der Waals surface area contributed by atoms with E-state index >= 15 is 0 Å². The second-order valence-electron chi connectivity index (χ2n) is 4.41. The molecule has 0 bridgehead atoms. The van der Waals surface area contributed by atoms with Gasteiger partial charge in [0.05, 0.1) is 14.4 Å². The zero-order valence-corrected chi connectivity index (χ0v) is 12.7. The largest absolute Gasteiger partial charge is 0.326 e. The SMILES string of the molecule is NC(CNS(=O)(=O)c1cccc(Cl)c1Br)C1CC1. The van der Waals surface area contributed by atoms with Gasteiger partial charge < -0.3 is 5.73 Å². The summed E-state index contributed by atoms with van der Waals surface area (Å²) in [7, 11) is -3.58. The highest BCUT2D eigenvalue weighted by molar-refractivity contribution is 9.10. The van der Waals surface area contributed by atoms with Gasteiger partial charge in [-0.05, 0) is 46.8 Å². The van der Waals surface area contributed by atoms with Gasteiger partial charge in [-0.15, -0.1) is 0 Å². The molecule has 7 heteroatoms. The van der Waals surface area contributed by atoms with Gasteiger partial charge in [0, 0.05) is 12.6 Å². The average molecular weight is 354 g/mol. The fourth-order valence-corrected chi connectivity index (χ4v) is 3.97. The van der Waals surface area contributed by atoms with Crippen molar-refractivity contribution in [3.8, 4) is 0 Å². The Bertz CT molecular complexity index is 546. The molecule has 0 aliphatic heterocycles. The summed E-state index contributed by atoms with van der Waals surface area (Å²) in [5.74, 6) is 0.454. The number of rotatable bonds is 5. The normalized spacial score (nSPS) is 17.7. The van der Waals surface area contributed by atoms with Crippen LogP contribution in [0.4, 0.5) is 0 Å². The summed E-state index contributed by atoms with van der Waals surface area (Å²) in [6.45, 7) is 0.256. The second-order valence-corrected chi connectivity index (χ2v) is 7.34. The summed E-state index contributed by atoms with van der Waals surface area (Å²) in [5.41, 5.74) is 5.87. The molecule has 0 saturated heterocycles. The standard InChI is InChI=1S/C11H14BrClN2O2S/c12-11-8(13)2-1-3-10(11)18(16,17)15-6-9(14)7-4-5-7/h1-3,7,9,15H,4-6,14H2. The van der Waals surface area contributed by atoms with E-state index in [-0.39, 0.29) is 17.5 Å². The summed E-state index contributed by atoms with van der Waals surface area (Å²) in [4.78, 5) is 0.137. The van der Waals surface area contributed by atoms with Crippen molar-refractivity contribution in [3.63, 3.8) is 0 Å². The van der Waals surface area contributed by atoms with Crippen LogP contribution in [0.5, 0.6) is 0 Å². The second kappa shape index (κ2) is 5.46. The van der Waals surface area contributed by atoms with E-state index < -0.39 is 10.0 Å². The average Bonchev–Trinajstić information content (AvgIpc) is 3.13. The molecular weight excluding hydrogens is 340 g/mol. The maximum Gasteiger partial charge on any atom is 0.241 e. The third-order valence-corrected chi connectivity index (χ3v) is 6.07. The zero-order chi connectivity index (χ0) is 13.3. The van der Waals surface area contributed by atoms with Crippen LogP contribution in [0.15, 0.2) is 27.6 Å². The minimum atomic E-state index is -3.58. The molecule has 0 radical (unpaired) electrons. The van der Waals surface area contributed by atoms with Gasteiger partial charge in [-0.2, -0.15) is 0 Å². The summed E-state index contributed by atoms with van der Waals surface area (Å²) < 4.78 is 27.1. The van der Waals surface area contributed by atoms with Crippen molar-refractivity contribution in [2.24, 2.45) is 11.7 Å². The number of benzene rings is 1. The number of halogens is 2. The van der Waals surface area contributed by atoms with Crippen molar-refractivity contribution in [3.05, 3.63) is 27.7 Å². The molecule has 1 aromatic rings. The van der Waals surface area contributed by atoms with E-state index in [0.717, 1.165) is 12.8 Å². The molecule has 2 rings (SSSR count). The van der Waals surface area contributed by atoms with Gasteiger partial charge in [0.2, 0.25) is 10.0 Å². The van der Waals surface area contributed by atoms with Crippen LogP contribution >= 0.6 is 27.5 Å². The van der Waals surface area contributed by atoms with Gasteiger partial charge in [-0.3, -0.25) is 0 Å². The molecule has 0 aromatic heterocycles. The smallest absolute Gasteiger partial charge is 0.241 e. The first-order chi connectivity index (χ1) is 8.42. The summed E-state index contributed by atoms with van der Waals surface area (Å²) in [6.07, 6.45) is 2.17. The maximum absolute atomic E-state index is 12.1. The predicted molar refractivity (Wildman–Crippen MR) is 75.0 cm³/mol. The third kappa shape index (κ3) is 3.24. The van der Waals surface area contributed by atoms with Crippen molar-refractivity contribution >= 4 is 37.6 Å². The van der Waals surface area contributed by atoms with Gasteiger partial charge in [0.15, 0.2) is 0 Å². The van der Waals surface area contributed by atoms with Crippen molar-refractivity contribution in [1.82, 2.24) is 4.72 Å². The summed E-state index contributed by atoms with van der Waals surface area (Å²) in [5, 5.41) is 0.365. The van der Waals surface area contributed by atoms with E-state index in [9.17, 15) is 8.42 Å². The number of hydrogen-bond acceptors (Lipinski definition) is 3. The lowest BCUT2D eigenvalue weighted by atomic mass is 10.2. The molecule has 4 nitrogen and oxygen atoms in total. The van der Waals surface area contributed by atoms with Crippen LogP contribution in [-0.2, 0) is 10.0 Å². The first-order valence-electron chi connectivity index (χ1n) is 5.61. The van der Waals surface area contributed by atoms with Gasteiger partial charge in [0.1, 0.15) is 0 Å². The van der Waals surface area contributed by atoms with Crippen LogP contribution < -0.4 is 10.5 Å². The molecule has 1 aliphatic carbocycles. The number of hydrogen-bond donors (Lipinski definition) is 2. The molecule has 1 unspecified atom stereocenters. The van der Waals surface area contributed by atoms with Crippen LogP contribution in [0, 0.1) is 5.92 Å². The van der Waals surface area contributed by atoms with Crippen molar-refractivity contribution < 1.29 is 8.42 Å². The van der Waals surface area contributed by atoms with Crippen molar-refractivity contribution in [1.29, 1.82) is 0 Å². The van der Waals surface area contributed by atoms with Crippen LogP contribution in [0.3, 0.4) is 0 Å². The van der Waals surface area contributed by atoms with E-state index in [0.29, 0.717) is 15.4 Å². The monoisotopic (exact) mass is 352 g/mol. The Morgan fingerprint density at radius 3 is 2.78 bits per heavy atom. The summed E-state index contributed by atoms with van der Waals surface area (Å²) in [6, 6.07) is 4.61. The molecule has 0 amide bonds. The fourth-order valence-electron chi connectivity index (χ4n) is 1.67. The van der Waals surface area contributed by atoms with Gasteiger partial charge >= 0.3 is 0 Å². The first kappa shape index (κ1) is 14.3. The summed E-state index contributed by atoms with van der Waals surface area (Å²) >= 11 is 9.06. The highest BCUT2D eigenvalue weighted by Crippen LogP contribution is 2.32. The zero-order valence-electron chi connectivity index (χ0n) is 9.57. The number of sulfonamides is 1. The van der Waals surface area contributed by atoms with Crippen molar-refractivity contribution in [2.75, 3.05) is 6.54 Å². The maximum atomic E-state index is 12.1. The fraction of sp³-hybridized carbons (Fsp3) is 0.455. The van der Waals surface area contributed by atoms with Crippen LogP contribution in [0.25, 0.3) is 0 Å². The van der Waals surface area contributed by atoms with E-state index in [1.165, 1.54) is 6.07 Å². The molecular formula is C11H14BrClN2O2S. The molecule has 0 heterocycles. The molecule has 0 spiro atoms. The van der Waals surface area contributed by atoms with E-state index in [1.54, 1.807) is 12.1 Å². The van der Waals surface area contributed by atoms with Gasteiger partial charge in [-0.25, -0.2) is 13.1 Å². The van der Waals surface area contributed by atoms with E-state index in [4.69, 9.17) is 17.3 Å². The molecule has 100 valence electrons. The van der Waals surface area contributed by atoms with Crippen LogP contribution in [0.2, 0.25) is 5.02 Å². The Hall–Kier alpha value is -0.140. The molecule has 1 fully saturated rings. The number of nitrogens with two attached hydrogens (primary N) is 1. The Morgan fingerprint density at radius 2 is 2.17 bits per heavy atom. The Morgan fingerprint density at radius 1 is 1.50 bits per heavy atom. The lowest BCUT2D eigenvalue weighted by Gasteiger charge is -2.13. The highest BCUT2D eigenvalue weighted by Gasteiger charge is 2.29. The molecule has 1 aromatic carbocycles. The molecule has 18 heavy (non-hydrogen) atoms. The Kier molecular flexibility index (Phi) is 4.33. The van der Waals surface area contributed by atoms with E-state index in [2.05, 4.69) is 20.7 Å².